The van der Waals surface area contributed by atoms with Crippen LogP contribution < -0.4 is 10.6 Å². The average Bonchev–Trinajstić information content (AvgIpc) is 2.70. The Kier molecular flexibility index (Phi) is 6.64. The zero-order chi connectivity index (χ0) is 19.1. The van der Waals surface area contributed by atoms with Crippen LogP contribution in [-0.2, 0) is 11.2 Å². The van der Waals surface area contributed by atoms with Gasteiger partial charge in [0, 0.05) is 18.0 Å². The van der Waals surface area contributed by atoms with Crippen LogP contribution in [0.25, 0.3) is 0 Å². The van der Waals surface area contributed by atoms with Gasteiger partial charge in [-0.2, -0.15) is 0 Å². The van der Waals surface area contributed by atoms with E-state index < -0.39 is 6.04 Å². The van der Waals surface area contributed by atoms with Crippen LogP contribution in [0.4, 0.5) is 0 Å². The monoisotopic (exact) mass is 364 g/mol. The van der Waals surface area contributed by atoms with E-state index >= 15 is 0 Å². The van der Waals surface area contributed by atoms with Crippen LogP contribution in [0.1, 0.15) is 48.5 Å². The van der Waals surface area contributed by atoms with Crippen molar-refractivity contribution < 1.29 is 9.59 Å². The molecule has 1 aliphatic carbocycles. The van der Waals surface area contributed by atoms with Crippen LogP contribution in [0, 0.1) is 5.92 Å². The molecule has 2 N–H and O–H groups in total. The SMILES string of the molecule is C[C@@H]1CCCC[C@H]1NC(=O)[C@@H](Cc1ccccc1)NC(=O)c1ccccc1. The minimum Gasteiger partial charge on any atom is -0.351 e. The lowest BCUT2D eigenvalue weighted by atomic mass is 9.85. The summed E-state index contributed by atoms with van der Waals surface area (Å²) in [5, 5.41) is 6.13. The third-order valence-corrected chi connectivity index (χ3v) is 5.38. The van der Waals surface area contributed by atoms with Gasteiger partial charge in [-0.15, -0.1) is 0 Å². The predicted molar refractivity (Wildman–Crippen MR) is 107 cm³/mol. The zero-order valence-electron chi connectivity index (χ0n) is 15.9. The predicted octanol–water partition coefficient (Wildman–Crippen LogP) is 3.72. The van der Waals surface area contributed by atoms with Crippen molar-refractivity contribution in [1.82, 2.24) is 10.6 Å². The summed E-state index contributed by atoms with van der Waals surface area (Å²) in [6.45, 7) is 2.19. The maximum Gasteiger partial charge on any atom is 0.251 e. The highest BCUT2D eigenvalue weighted by Crippen LogP contribution is 2.23. The molecule has 27 heavy (non-hydrogen) atoms. The van der Waals surface area contributed by atoms with Crippen molar-refractivity contribution in [2.24, 2.45) is 5.92 Å². The van der Waals surface area contributed by atoms with Crippen molar-refractivity contribution in [3.63, 3.8) is 0 Å². The Balaban J connectivity index is 1.72. The van der Waals surface area contributed by atoms with E-state index in [1.165, 1.54) is 6.42 Å². The highest BCUT2D eigenvalue weighted by Gasteiger charge is 2.27. The van der Waals surface area contributed by atoms with E-state index in [0.717, 1.165) is 24.8 Å². The zero-order valence-corrected chi connectivity index (χ0v) is 15.9. The molecule has 2 aromatic rings. The lowest BCUT2D eigenvalue weighted by Crippen LogP contribution is -2.52. The van der Waals surface area contributed by atoms with Gasteiger partial charge in [-0.05, 0) is 36.5 Å². The maximum absolute atomic E-state index is 13.0. The first-order chi connectivity index (χ1) is 13.1. The molecule has 2 amide bonds. The summed E-state index contributed by atoms with van der Waals surface area (Å²) in [5.41, 5.74) is 1.59. The van der Waals surface area contributed by atoms with Crippen LogP contribution in [-0.4, -0.2) is 23.9 Å². The molecule has 142 valence electrons. The van der Waals surface area contributed by atoms with Crippen LogP contribution in [0.3, 0.4) is 0 Å². The highest BCUT2D eigenvalue weighted by molar-refractivity contribution is 5.97. The van der Waals surface area contributed by atoms with Crippen molar-refractivity contribution in [2.45, 2.75) is 51.1 Å². The van der Waals surface area contributed by atoms with E-state index in [0.29, 0.717) is 17.9 Å². The van der Waals surface area contributed by atoms with Crippen LogP contribution >= 0.6 is 0 Å². The summed E-state index contributed by atoms with van der Waals surface area (Å²) in [7, 11) is 0. The standard InChI is InChI=1S/C23H28N2O2/c1-17-10-8-9-15-20(17)24-23(27)21(16-18-11-4-2-5-12-18)25-22(26)19-13-6-3-7-14-19/h2-7,11-14,17,20-21H,8-10,15-16H2,1H3,(H,24,27)(H,25,26)/t17-,20-,21-/m1/s1. The molecular formula is C23H28N2O2. The normalized spacial score (nSPS) is 20.5. The summed E-state index contributed by atoms with van der Waals surface area (Å²) < 4.78 is 0. The van der Waals surface area contributed by atoms with E-state index in [1.807, 2.05) is 48.5 Å². The van der Waals surface area contributed by atoms with Crippen LogP contribution in [0.2, 0.25) is 0 Å². The Morgan fingerprint density at radius 3 is 2.26 bits per heavy atom. The molecule has 1 aliphatic rings. The van der Waals surface area contributed by atoms with Gasteiger partial charge >= 0.3 is 0 Å². The molecule has 0 radical (unpaired) electrons. The maximum atomic E-state index is 13.0. The third-order valence-electron chi connectivity index (χ3n) is 5.38. The fourth-order valence-corrected chi connectivity index (χ4v) is 3.70. The number of benzene rings is 2. The van der Waals surface area contributed by atoms with E-state index in [2.05, 4.69) is 17.6 Å². The fraction of sp³-hybridized carbons (Fsp3) is 0.391. The Morgan fingerprint density at radius 2 is 1.59 bits per heavy atom. The number of rotatable bonds is 6. The number of carbonyl (C=O) groups is 2. The quantitative estimate of drug-likeness (QED) is 0.821. The van der Waals surface area contributed by atoms with Crippen molar-refractivity contribution in [3.8, 4) is 0 Å². The molecule has 2 aromatic carbocycles. The molecule has 3 atom stereocenters. The lowest BCUT2D eigenvalue weighted by Gasteiger charge is -2.31. The molecule has 0 saturated heterocycles. The van der Waals surface area contributed by atoms with Crippen molar-refractivity contribution in [2.75, 3.05) is 0 Å². The molecule has 4 nitrogen and oxygen atoms in total. The Bertz CT molecular complexity index is 745. The second-order valence-electron chi connectivity index (χ2n) is 7.46. The van der Waals surface area contributed by atoms with Gasteiger partial charge < -0.3 is 10.6 Å². The van der Waals surface area contributed by atoms with Crippen LogP contribution in [0.5, 0.6) is 0 Å². The molecule has 0 aromatic heterocycles. The van der Waals surface area contributed by atoms with Gasteiger partial charge in [-0.1, -0.05) is 68.3 Å². The van der Waals surface area contributed by atoms with Crippen molar-refractivity contribution in [3.05, 3.63) is 71.8 Å². The number of carbonyl (C=O) groups excluding carboxylic acids is 2. The van der Waals surface area contributed by atoms with E-state index in [1.54, 1.807) is 12.1 Å². The molecule has 0 bridgehead atoms. The van der Waals surface area contributed by atoms with Crippen molar-refractivity contribution >= 4 is 11.8 Å². The van der Waals surface area contributed by atoms with Gasteiger partial charge in [0.05, 0.1) is 0 Å². The minimum absolute atomic E-state index is 0.0955. The summed E-state index contributed by atoms with van der Waals surface area (Å²) in [4.78, 5) is 25.6. The third kappa shape index (κ3) is 5.43. The first-order valence-electron chi connectivity index (χ1n) is 9.83. The van der Waals surface area contributed by atoms with Crippen LogP contribution in [0.15, 0.2) is 60.7 Å². The molecule has 3 rings (SSSR count). The van der Waals surface area contributed by atoms with Gasteiger partial charge in [0.2, 0.25) is 5.91 Å². The molecule has 0 aliphatic heterocycles. The molecule has 0 heterocycles. The van der Waals surface area contributed by atoms with Gasteiger partial charge in [-0.3, -0.25) is 9.59 Å². The molecule has 0 spiro atoms. The van der Waals surface area contributed by atoms with Gasteiger partial charge in [0.25, 0.3) is 5.91 Å². The second-order valence-corrected chi connectivity index (χ2v) is 7.46. The van der Waals surface area contributed by atoms with Gasteiger partial charge in [0.15, 0.2) is 0 Å². The Hall–Kier alpha value is -2.62. The van der Waals surface area contributed by atoms with Gasteiger partial charge in [-0.25, -0.2) is 0 Å². The molecule has 1 fully saturated rings. The van der Waals surface area contributed by atoms with Crippen molar-refractivity contribution in [1.29, 1.82) is 0 Å². The lowest BCUT2D eigenvalue weighted by molar-refractivity contribution is -0.124. The average molecular weight is 364 g/mol. The number of hydrogen-bond acceptors (Lipinski definition) is 2. The molecule has 0 unspecified atom stereocenters. The Morgan fingerprint density at radius 1 is 0.963 bits per heavy atom. The van der Waals surface area contributed by atoms with E-state index in [9.17, 15) is 9.59 Å². The Labute approximate surface area is 161 Å². The first kappa shape index (κ1) is 19.2. The highest BCUT2D eigenvalue weighted by atomic mass is 16.2. The summed E-state index contributed by atoms with van der Waals surface area (Å²) in [5.74, 6) is 0.162. The smallest absolute Gasteiger partial charge is 0.251 e. The summed E-state index contributed by atoms with van der Waals surface area (Å²) >= 11 is 0. The first-order valence-corrected chi connectivity index (χ1v) is 9.83. The van der Waals surface area contributed by atoms with Gasteiger partial charge in [0.1, 0.15) is 6.04 Å². The molecular weight excluding hydrogens is 336 g/mol. The number of amides is 2. The topological polar surface area (TPSA) is 58.2 Å². The minimum atomic E-state index is -0.589. The van der Waals surface area contributed by atoms with E-state index in [4.69, 9.17) is 0 Å². The second kappa shape index (κ2) is 9.36. The number of hydrogen-bond donors (Lipinski definition) is 2. The summed E-state index contributed by atoms with van der Waals surface area (Å²) in [6, 6.07) is 18.5. The molecule has 4 heteroatoms. The largest absolute Gasteiger partial charge is 0.351 e. The summed E-state index contributed by atoms with van der Waals surface area (Å²) in [6.07, 6.45) is 5.01. The molecule has 1 saturated carbocycles. The van der Waals surface area contributed by atoms with E-state index in [-0.39, 0.29) is 17.9 Å². The number of nitrogens with one attached hydrogen (secondary N) is 2. The fourth-order valence-electron chi connectivity index (χ4n) is 3.70.